The largest absolute Gasteiger partial charge is 0.481 e. The maximum atomic E-state index is 12.8. The molecule has 2 N–H and O–H groups in total. The number of nitrogens with one attached hydrogen (secondary N) is 1. The first-order chi connectivity index (χ1) is 14.9. The van der Waals surface area contributed by atoms with Gasteiger partial charge >= 0.3 is 12.1 Å². The number of halogens is 4. The maximum absolute atomic E-state index is 12.8. The van der Waals surface area contributed by atoms with Gasteiger partial charge in [-0.05, 0) is 43.5 Å². The van der Waals surface area contributed by atoms with E-state index >= 15 is 0 Å². The van der Waals surface area contributed by atoms with Crippen molar-refractivity contribution in [1.82, 2.24) is 15.0 Å². The summed E-state index contributed by atoms with van der Waals surface area (Å²) in [6.07, 6.45) is -1.82. The standard InChI is InChI=1S/C22H21ClF3N3O3/c1-4-21(3,20(30)31)11-32-18-7-12(2)15(9-27-18)13-5-6-14(16(23)8-13)19-28-10-17(29-19)22(24,25)26/h5-10H,4,11H2,1-3H3,(H,28,29)(H,30,31). The zero-order chi connectivity index (χ0) is 23.7. The Kier molecular flexibility index (Phi) is 6.50. The van der Waals surface area contributed by atoms with Crippen molar-refractivity contribution in [2.45, 2.75) is 33.4 Å². The van der Waals surface area contributed by atoms with Crippen molar-refractivity contribution in [2.75, 3.05) is 6.61 Å². The van der Waals surface area contributed by atoms with E-state index in [-0.39, 0.29) is 17.5 Å². The molecule has 32 heavy (non-hydrogen) atoms. The number of rotatable bonds is 7. The summed E-state index contributed by atoms with van der Waals surface area (Å²) < 4.78 is 44.0. The zero-order valence-electron chi connectivity index (χ0n) is 17.5. The molecule has 0 aliphatic rings. The Morgan fingerprint density at radius 3 is 2.44 bits per heavy atom. The fraction of sp³-hybridized carbons (Fsp3) is 0.318. The number of aromatic amines is 1. The van der Waals surface area contributed by atoms with Gasteiger partial charge in [-0.15, -0.1) is 0 Å². The normalized spacial score (nSPS) is 13.6. The summed E-state index contributed by atoms with van der Waals surface area (Å²) in [6, 6.07) is 6.60. The lowest BCUT2D eigenvalue weighted by Gasteiger charge is -2.22. The van der Waals surface area contributed by atoms with Gasteiger partial charge in [0.25, 0.3) is 0 Å². The van der Waals surface area contributed by atoms with Gasteiger partial charge in [0.2, 0.25) is 5.88 Å². The SMILES string of the molecule is CCC(C)(COc1cc(C)c(-c2ccc(-c3ncc(C(F)(F)F)[nH]3)c(Cl)c2)cn1)C(=O)O. The van der Waals surface area contributed by atoms with Crippen LogP contribution in [0.3, 0.4) is 0 Å². The summed E-state index contributed by atoms with van der Waals surface area (Å²) in [5.74, 6) is -0.628. The van der Waals surface area contributed by atoms with Gasteiger partial charge in [-0.1, -0.05) is 24.6 Å². The minimum absolute atomic E-state index is 0.0184. The van der Waals surface area contributed by atoms with Crippen molar-refractivity contribution in [3.8, 4) is 28.4 Å². The summed E-state index contributed by atoms with van der Waals surface area (Å²) in [7, 11) is 0. The number of hydrogen-bond donors (Lipinski definition) is 2. The van der Waals surface area contributed by atoms with Crippen LogP contribution >= 0.6 is 11.6 Å². The number of aliphatic carboxylic acids is 1. The highest BCUT2D eigenvalue weighted by molar-refractivity contribution is 6.33. The average molecular weight is 468 g/mol. The molecule has 0 aliphatic carbocycles. The van der Waals surface area contributed by atoms with Gasteiger partial charge < -0.3 is 14.8 Å². The highest BCUT2D eigenvalue weighted by Crippen LogP contribution is 2.35. The van der Waals surface area contributed by atoms with Crippen LogP contribution in [-0.2, 0) is 11.0 Å². The number of carbonyl (C=O) groups is 1. The molecule has 1 unspecified atom stereocenters. The molecule has 10 heteroatoms. The van der Waals surface area contributed by atoms with E-state index in [1.165, 1.54) is 0 Å². The highest BCUT2D eigenvalue weighted by atomic mass is 35.5. The molecule has 2 heterocycles. The number of aromatic nitrogens is 3. The lowest BCUT2D eigenvalue weighted by Crippen LogP contribution is -2.33. The third kappa shape index (κ3) is 4.88. The zero-order valence-corrected chi connectivity index (χ0v) is 18.3. The van der Waals surface area contributed by atoms with Crippen LogP contribution < -0.4 is 4.74 Å². The van der Waals surface area contributed by atoms with Gasteiger partial charge in [0.1, 0.15) is 18.1 Å². The molecule has 0 bridgehead atoms. The molecule has 0 spiro atoms. The van der Waals surface area contributed by atoms with E-state index in [1.54, 1.807) is 44.3 Å². The molecule has 170 valence electrons. The summed E-state index contributed by atoms with van der Waals surface area (Å²) in [6.45, 7) is 5.20. The molecule has 0 amide bonds. The van der Waals surface area contributed by atoms with Crippen LogP contribution in [0.25, 0.3) is 22.5 Å². The molecule has 3 rings (SSSR count). The van der Waals surface area contributed by atoms with Crippen LogP contribution in [-0.4, -0.2) is 32.6 Å². The number of imidazole rings is 1. The van der Waals surface area contributed by atoms with Crippen LogP contribution in [0.2, 0.25) is 5.02 Å². The first-order valence-corrected chi connectivity index (χ1v) is 10.1. The molecule has 6 nitrogen and oxygen atoms in total. The topological polar surface area (TPSA) is 88.1 Å². The van der Waals surface area contributed by atoms with Crippen LogP contribution in [0.5, 0.6) is 5.88 Å². The quantitative estimate of drug-likeness (QED) is 0.445. The Morgan fingerprint density at radius 1 is 1.19 bits per heavy atom. The van der Waals surface area contributed by atoms with Crippen molar-refractivity contribution in [3.05, 3.63) is 52.9 Å². The van der Waals surface area contributed by atoms with Gasteiger partial charge in [-0.25, -0.2) is 9.97 Å². The molecule has 0 saturated carbocycles. The number of benzene rings is 1. The Hall–Kier alpha value is -3.07. The Labute approximate surface area is 187 Å². The fourth-order valence-electron chi connectivity index (χ4n) is 2.94. The predicted octanol–water partition coefficient (Wildman–Crippen LogP) is 6.00. The predicted molar refractivity (Wildman–Crippen MR) is 114 cm³/mol. The number of ether oxygens (including phenoxy) is 1. The lowest BCUT2D eigenvalue weighted by atomic mass is 9.89. The number of aryl methyl sites for hydroxylation is 1. The van der Waals surface area contributed by atoms with Crippen molar-refractivity contribution < 1.29 is 27.8 Å². The molecule has 1 aromatic carbocycles. The minimum Gasteiger partial charge on any atom is -0.481 e. The summed E-state index contributed by atoms with van der Waals surface area (Å²) in [4.78, 5) is 21.7. The minimum atomic E-state index is -4.52. The van der Waals surface area contributed by atoms with E-state index in [1.807, 2.05) is 6.92 Å². The second kappa shape index (κ2) is 8.82. The third-order valence-electron chi connectivity index (χ3n) is 5.34. The van der Waals surface area contributed by atoms with E-state index < -0.39 is 23.3 Å². The van der Waals surface area contributed by atoms with E-state index in [0.29, 0.717) is 23.4 Å². The van der Waals surface area contributed by atoms with Gasteiger partial charge in [-0.3, -0.25) is 4.79 Å². The van der Waals surface area contributed by atoms with Crippen molar-refractivity contribution >= 4 is 17.6 Å². The van der Waals surface area contributed by atoms with E-state index in [9.17, 15) is 23.1 Å². The van der Waals surface area contributed by atoms with Crippen LogP contribution in [0.4, 0.5) is 13.2 Å². The summed E-state index contributed by atoms with van der Waals surface area (Å²) >= 11 is 6.32. The van der Waals surface area contributed by atoms with E-state index in [2.05, 4.69) is 15.0 Å². The number of H-pyrrole nitrogens is 1. The fourth-order valence-corrected chi connectivity index (χ4v) is 3.21. The molecule has 0 fully saturated rings. The highest BCUT2D eigenvalue weighted by Gasteiger charge is 2.33. The number of alkyl halides is 3. The first-order valence-electron chi connectivity index (χ1n) is 9.70. The van der Waals surface area contributed by atoms with E-state index in [0.717, 1.165) is 17.3 Å². The molecular formula is C22H21ClF3N3O3. The molecule has 0 radical (unpaired) electrons. The monoisotopic (exact) mass is 467 g/mol. The van der Waals surface area contributed by atoms with Crippen molar-refractivity contribution in [1.29, 1.82) is 0 Å². The Bertz CT molecular complexity index is 1150. The molecule has 2 aromatic heterocycles. The Morgan fingerprint density at radius 2 is 1.91 bits per heavy atom. The molecule has 0 aliphatic heterocycles. The number of hydrogen-bond acceptors (Lipinski definition) is 4. The summed E-state index contributed by atoms with van der Waals surface area (Å²) in [5.41, 5.74) is 0.633. The lowest BCUT2D eigenvalue weighted by molar-refractivity contribution is -0.150. The van der Waals surface area contributed by atoms with Crippen LogP contribution in [0.15, 0.2) is 36.7 Å². The van der Waals surface area contributed by atoms with Crippen LogP contribution in [0.1, 0.15) is 31.5 Å². The summed E-state index contributed by atoms with van der Waals surface area (Å²) in [5, 5.41) is 9.58. The maximum Gasteiger partial charge on any atom is 0.432 e. The molecular weight excluding hydrogens is 447 g/mol. The second-order valence-electron chi connectivity index (χ2n) is 7.68. The third-order valence-corrected chi connectivity index (χ3v) is 5.65. The number of pyridine rings is 1. The average Bonchev–Trinajstić information content (AvgIpc) is 3.22. The molecule has 0 saturated heterocycles. The van der Waals surface area contributed by atoms with Gasteiger partial charge in [0.15, 0.2) is 0 Å². The Balaban J connectivity index is 1.82. The number of carboxylic acids is 1. The number of carboxylic acid groups (broad SMARTS) is 1. The second-order valence-corrected chi connectivity index (χ2v) is 8.09. The number of nitrogens with zero attached hydrogens (tertiary/aromatic N) is 2. The molecule has 3 aromatic rings. The smallest absolute Gasteiger partial charge is 0.432 e. The first kappa shape index (κ1) is 23.6. The van der Waals surface area contributed by atoms with Gasteiger partial charge in [0.05, 0.1) is 16.6 Å². The van der Waals surface area contributed by atoms with E-state index in [4.69, 9.17) is 16.3 Å². The van der Waals surface area contributed by atoms with Gasteiger partial charge in [0, 0.05) is 23.4 Å². The van der Waals surface area contributed by atoms with Crippen molar-refractivity contribution in [3.63, 3.8) is 0 Å². The molecule has 1 atom stereocenters. The van der Waals surface area contributed by atoms with Crippen LogP contribution in [0, 0.1) is 12.3 Å². The van der Waals surface area contributed by atoms with Gasteiger partial charge in [-0.2, -0.15) is 13.2 Å². The van der Waals surface area contributed by atoms with Crippen molar-refractivity contribution in [2.24, 2.45) is 5.41 Å².